The minimum Gasteiger partial charge on any atom is -0.496 e. The van der Waals surface area contributed by atoms with Crippen LogP contribution in [0.1, 0.15) is 23.2 Å². The Labute approximate surface area is 188 Å². The molecule has 0 unspecified atom stereocenters. The van der Waals surface area contributed by atoms with E-state index < -0.39 is 10.0 Å². The molecule has 1 aliphatic heterocycles. The predicted molar refractivity (Wildman–Crippen MR) is 123 cm³/mol. The van der Waals surface area contributed by atoms with Gasteiger partial charge in [-0.05, 0) is 53.9 Å². The van der Waals surface area contributed by atoms with Crippen LogP contribution in [0.2, 0.25) is 0 Å². The van der Waals surface area contributed by atoms with Gasteiger partial charge >= 0.3 is 0 Å². The Bertz CT molecular complexity index is 1220. The average molecular weight is 455 g/mol. The molecule has 3 aromatic rings. The number of sulfonamides is 1. The zero-order chi connectivity index (χ0) is 22.6. The van der Waals surface area contributed by atoms with Crippen LogP contribution in [0.25, 0.3) is 10.8 Å². The van der Waals surface area contributed by atoms with E-state index in [1.54, 1.807) is 4.90 Å². The topological polar surface area (TPSA) is 84.9 Å². The third kappa shape index (κ3) is 4.87. The SMILES string of the molecule is COc1ccc(S(=O)(=O)NCCOc2ccc3ccccc3c2)cc1C(=O)N1CCCC1. The molecule has 1 aliphatic rings. The number of hydrogen-bond donors (Lipinski definition) is 1. The number of carbonyl (C=O) groups excluding carboxylic acids is 1. The van der Waals surface area contributed by atoms with Crippen molar-refractivity contribution in [3.63, 3.8) is 0 Å². The number of nitrogens with zero attached hydrogens (tertiary/aromatic N) is 1. The number of likely N-dealkylation sites (tertiary alicyclic amines) is 1. The Morgan fingerprint density at radius 1 is 1.00 bits per heavy atom. The fourth-order valence-corrected chi connectivity index (χ4v) is 4.84. The van der Waals surface area contributed by atoms with Crippen molar-refractivity contribution in [1.29, 1.82) is 0 Å². The van der Waals surface area contributed by atoms with Gasteiger partial charge in [0.05, 0.1) is 17.6 Å². The molecule has 0 radical (unpaired) electrons. The summed E-state index contributed by atoms with van der Waals surface area (Å²) in [4.78, 5) is 14.6. The maximum atomic E-state index is 12.8. The summed E-state index contributed by atoms with van der Waals surface area (Å²) in [5.74, 6) is 0.822. The van der Waals surface area contributed by atoms with Crippen LogP contribution in [0.15, 0.2) is 65.6 Å². The van der Waals surface area contributed by atoms with E-state index in [0.29, 0.717) is 24.6 Å². The molecule has 4 rings (SSSR count). The van der Waals surface area contributed by atoms with Gasteiger partial charge in [0.2, 0.25) is 10.0 Å². The molecular formula is C24H26N2O5S. The largest absolute Gasteiger partial charge is 0.496 e. The molecule has 8 heteroatoms. The van der Waals surface area contributed by atoms with Crippen molar-refractivity contribution in [2.24, 2.45) is 0 Å². The predicted octanol–water partition coefficient (Wildman–Crippen LogP) is 3.44. The minimum absolute atomic E-state index is 0.0200. The van der Waals surface area contributed by atoms with E-state index in [0.717, 1.165) is 23.6 Å². The zero-order valence-electron chi connectivity index (χ0n) is 17.9. The zero-order valence-corrected chi connectivity index (χ0v) is 18.7. The first-order chi connectivity index (χ1) is 15.5. The van der Waals surface area contributed by atoms with Crippen LogP contribution in [-0.4, -0.2) is 52.6 Å². The van der Waals surface area contributed by atoms with Crippen molar-refractivity contribution in [2.45, 2.75) is 17.7 Å². The summed E-state index contributed by atoms with van der Waals surface area (Å²) in [5, 5.41) is 2.17. The van der Waals surface area contributed by atoms with Crippen molar-refractivity contribution in [3.05, 3.63) is 66.2 Å². The first-order valence-electron chi connectivity index (χ1n) is 10.6. The lowest BCUT2D eigenvalue weighted by atomic mass is 10.1. The van der Waals surface area contributed by atoms with Crippen molar-refractivity contribution in [2.75, 3.05) is 33.4 Å². The number of rotatable bonds is 8. The van der Waals surface area contributed by atoms with Crippen molar-refractivity contribution in [3.8, 4) is 11.5 Å². The van der Waals surface area contributed by atoms with Gasteiger partial charge in [-0.3, -0.25) is 4.79 Å². The molecule has 1 fully saturated rings. The lowest BCUT2D eigenvalue weighted by Gasteiger charge is -2.18. The summed E-state index contributed by atoms with van der Waals surface area (Å²) in [6.45, 7) is 1.61. The molecule has 7 nitrogen and oxygen atoms in total. The fourth-order valence-electron chi connectivity index (χ4n) is 3.80. The van der Waals surface area contributed by atoms with Crippen LogP contribution in [0.5, 0.6) is 11.5 Å². The number of carbonyl (C=O) groups is 1. The lowest BCUT2D eigenvalue weighted by molar-refractivity contribution is 0.0789. The van der Waals surface area contributed by atoms with Gasteiger partial charge in [-0.1, -0.05) is 30.3 Å². The molecule has 0 aromatic heterocycles. The molecule has 1 heterocycles. The third-order valence-electron chi connectivity index (χ3n) is 5.49. The Balaban J connectivity index is 1.41. The van der Waals surface area contributed by atoms with Gasteiger partial charge in [0.25, 0.3) is 5.91 Å². The Kier molecular flexibility index (Phi) is 6.62. The van der Waals surface area contributed by atoms with Gasteiger partial charge in [-0.25, -0.2) is 13.1 Å². The van der Waals surface area contributed by atoms with Gasteiger partial charge in [0, 0.05) is 19.6 Å². The first kappa shape index (κ1) is 22.1. The number of hydrogen-bond acceptors (Lipinski definition) is 5. The van der Waals surface area contributed by atoms with Gasteiger partial charge in [0.15, 0.2) is 0 Å². The van der Waals surface area contributed by atoms with E-state index in [4.69, 9.17) is 9.47 Å². The smallest absolute Gasteiger partial charge is 0.257 e. The minimum atomic E-state index is -3.81. The monoisotopic (exact) mass is 454 g/mol. The number of methoxy groups -OCH3 is 1. The molecular weight excluding hydrogens is 428 g/mol. The molecule has 3 aromatic carbocycles. The van der Waals surface area contributed by atoms with Crippen molar-refractivity contribution >= 4 is 26.7 Å². The second kappa shape index (κ2) is 9.58. The summed E-state index contributed by atoms with van der Waals surface area (Å²) < 4.78 is 39.1. The third-order valence-corrected chi connectivity index (χ3v) is 6.95. The normalized spacial score (nSPS) is 14.0. The maximum absolute atomic E-state index is 12.8. The highest BCUT2D eigenvalue weighted by molar-refractivity contribution is 7.89. The highest BCUT2D eigenvalue weighted by Gasteiger charge is 2.25. The van der Waals surface area contributed by atoms with Crippen LogP contribution in [-0.2, 0) is 10.0 Å². The molecule has 0 atom stereocenters. The van der Waals surface area contributed by atoms with E-state index in [-0.39, 0.29) is 29.5 Å². The number of ether oxygens (including phenoxy) is 2. The molecule has 32 heavy (non-hydrogen) atoms. The summed E-state index contributed by atoms with van der Waals surface area (Å²) in [5.41, 5.74) is 0.254. The molecule has 1 N–H and O–H groups in total. The summed E-state index contributed by atoms with van der Waals surface area (Å²) in [6, 6.07) is 18.0. The number of nitrogens with one attached hydrogen (secondary N) is 1. The highest BCUT2D eigenvalue weighted by Crippen LogP contribution is 2.25. The van der Waals surface area contributed by atoms with Gasteiger partial charge < -0.3 is 14.4 Å². The van der Waals surface area contributed by atoms with Gasteiger partial charge in [-0.2, -0.15) is 0 Å². The van der Waals surface area contributed by atoms with E-state index >= 15 is 0 Å². The second-order valence-electron chi connectivity index (χ2n) is 7.62. The number of amides is 1. The van der Waals surface area contributed by atoms with E-state index in [9.17, 15) is 13.2 Å². The average Bonchev–Trinajstić information content (AvgIpc) is 3.36. The molecule has 0 bridgehead atoms. The summed E-state index contributed by atoms with van der Waals surface area (Å²) >= 11 is 0. The number of fused-ring (bicyclic) bond motifs is 1. The lowest BCUT2D eigenvalue weighted by Crippen LogP contribution is -2.30. The quantitative estimate of drug-likeness (QED) is 0.527. The Morgan fingerprint density at radius 3 is 2.50 bits per heavy atom. The van der Waals surface area contributed by atoms with Crippen LogP contribution in [0.4, 0.5) is 0 Å². The van der Waals surface area contributed by atoms with Gasteiger partial charge in [0.1, 0.15) is 18.1 Å². The van der Waals surface area contributed by atoms with E-state index in [1.165, 1.54) is 25.3 Å². The van der Waals surface area contributed by atoms with Crippen LogP contribution in [0, 0.1) is 0 Å². The van der Waals surface area contributed by atoms with Crippen LogP contribution < -0.4 is 14.2 Å². The van der Waals surface area contributed by atoms with Crippen molar-refractivity contribution in [1.82, 2.24) is 9.62 Å². The molecule has 0 aliphatic carbocycles. The molecule has 0 spiro atoms. The Morgan fingerprint density at radius 2 is 1.75 bits per heavy atom. The molecule has 0 saturated carbocycles. The standard InChI is InChI=1S/C24H26N2O5S/c1-30-23-11-10-21(17-22(23)24(27)26-13-4-5-14-26)32(28,29)25-12-15-31-20-9-8-18-6-2-3-7-19(18)16-20/h2-3,6-11,16-17,25H,4-5,12-15H2,1H3. The van der Waals surface area contributed by atoms with Gasteiger partial charge in [-0.15, -0.1) is 0 Å². The molecule has 168 valence electrons. The van der Waals surface area contributed by atoms with Crippen LogP contribution >= 0.6 is 0 Å². The van der Waals surface area contributed by atoms with Crippen LogP contribution in [0.3, 0.4) is 0 Å². The fraction of sp³-hybridized carbons (Fsp3) is 0.292. The number of benzene rings is 3. The highest BCUT2D eigenvalue weighted by atomic mass is 32.2. The summed E-state index contributed by atoms with van der Waals surface area (Å²) in [6.07, 6.45) is 1.90. The molecule has 1 saturated heterocycles. The summed E-state index contributed by atoms with van der Waals surface area (Å²) in [7, 11) is -2.35. The van der Waals surface area contributed by atoms with E-state index in [2.05, 4.69) is 4.72 Å². The molecule has 1 amide bonds. The maximum Gasteiger partial charge on any atom is 0.257 e. The van der Waals surface area contributed by atoms with E-state index in [1.807, 2.05) is 42.5 Å². The first-order valence-corrected chi connectivity index (χ1v) is 12.0. The van der Waals surface area contributed by atoms with Crippen molar-refractivity contribution < 1.29 is 22.7 Å². The second-order valence-corrected chi connectivity index (χ2v) is 9.38. The Hall–Kier alpha value is -3.10.